The maximum atomic E-state index is 14.3. The topological polar surface area (TPSA) is 46.6 Å². The van der Waals surface area contributed by atoms with Gasteiger partial charge in [-0.15, -0.1) is 4.31 Å². The van der Waals surface area contributed by atoms with Crippen molar-refractivity contribution >= 4 is 10.3 Å². The second-order valence-corrected chi connectivity index (χ2v) is 9.87. The van der Waals surface area contributed by atoms with E-state index in [1.807, 2.05) is 4.39 Å². The first-order valence-corrected chi connectivity index (χ1v) is 10.4. The number of quaternary nitrogens is 1. The van der Waals surface area contributed by atoms with E-state index in [4.69, 9.17) is 0 Å². The Labute approximate surface area is 223 Å². The van der Waals surface area contributed by atoms with Crippen molar-refractivity contribution in [3.05, 3.63) is 0 Å². The van der Waals surface area contributed by atoms with E-state index in [0.29, 0.717) is 0 Å². The maximum Gasteiger partial charge on any atom is 0.460 e. The van der Waals surface area contributed by atoms with Gasteiger partial charge in [-0.25, -0.2) is 0 Å². The second-order valence-electron chi connectivity index (χ2n) is 8.45. The Morgan fingerprint density at radius 1 is 0.615 bits per heavy atom. The minimum Gasteiger partial charge on any atom is -1.00 e. The van der Waals surface area contributed by atoms with Gasteiger partial charge in [0.2, 0.25) is 0 Å². The Bertz CT molecular complexity index is 948. The lowest BCUT2D eigenvalue weighted by atomic mass is 9.90. The lowest BCUT2D eigenvalue weighted by molar-refractivity contribution is -0.870. The summed E-state index contributed by atoms with van der Waals surface area (Å²) in [5, 5.41) is 0. The first-order chi connectivity index (χ1) is 16.1. The van der Waals surface area contributed by atoms with Gasteiger partial charge in [0.15, 0.2) is 0 Å². The highest BCUT2D eigenvalue weighted by atomic mass is 127. The van der Waals surface area contributed by atoms with Crippen LogP contribution in [-0.2, 0) is 14.7 Å². The van der Waals surface area contributed by atoms with Gasteiger partial charge in [-0.05, 0) is 8.91 Å². The van der Waals surface area contributed by atoms with Gasteiger partial charge in [-0.1, -0.05) is 0 Å². The summed E-state index contributed by atoms with van der Waals surface area (Å²) < 4.78 is 261. The minimum absolute atomic E-state index is 0. The predicted molar refractivity (Wildman–Crippen MR) is 86.0 cm³/mol. The molecule has 0 aliphatic heterocycles. The monoisotopic (exact) mass is 760 g/mol. The molecule has 0 aliphatic rings. The molecule has 0 aromatic heterocycles. The molecule has 0 atom stereocenters. The third kappa shape index (κ3) is 6.54. The van der Waals surface area contributed by atoms with Crippen LogP contribution in [0.15, 0.2) is 0 Å². The Hall–Kier alpha value is -0.700. The van der Waals surface area contributed by atoms with E-state index < -0.39 is 81.9 Å². The van der Waals surface area contributed by atoms with E-state index in [2.05, 4.69) is 0 Å². The highest BCUT2D eigenvalue weighted by Crippen LogP contribution is 2.64. The van der Waals surface area contributed by atoms with Gasteiger partial charge >= 0.3 is 58.1 Å². The molecule has 0 saturated heterocycles. The first kappa shape index (κ1) is 40.4. The van der Waals surface area contributed by atoms with E-state index in [1.54, 1.807) is 0 Å². The van der Waals surface area contributed by atoms with Gasteiger partial charge in [0, 0.05) is 13.0 Å². The van der Waals surface area contributed by atoms with Crippen LogP contribution >= 0.6 is 0 Å². The van der Waals surface area contributed by atoms with Crippen molar-refractivity contribution in [1.29, 1.82) is 0 Å². The van der Waals surface area contributed by atoms with E-state index in [1.165, 1.54) is 21.1 Å². The van der Waals surface area contributed by atoms with E-state index in [-0.39, 0.29) is 28.5 Å². The average molecular weight is 760 g/mol. The molecule has 0 aromatic rings. The van der Waals surface area contributed by atoms with Crippen LogP contribution in [0, 0.1) is 0 Å². The van der Waals surface area contributed by atoms with Crippen molar-refractivity contribution in [1.82, 2.24) is 4.31 Å². The summed E-state index contributed by atoms with van der Waals surface area (Å²) in [6, 6.07) is -7.51. The van der Waals surface area contributed by atoms with Gasteiger partial charge in [-0.3, -0.25) is 0 Å². The largest absolute Gasteiger partial charge is 1.00 e. The Morgan fingerprint density at radius 2 is 0.923 bits per heavy atom. The van der Waals surface area contributed by atoms with Crippen LogP contribution in [0.2, 0.25) is 0 Å². The number of rotatable bonds is 13. The van der Waals surface area contributed by atoms with Gasteiger partial charge in [0.05, 0.1) is 27.7 Å². The molecule has 0 unspecified atom stereocenters. The lowest BCUT2D eigenvalue weighted by Gasteiger charge is -2.44. The summed E-state index contributed by atoms with van der Waals surface area (Å²) in [4.78, 5) is 0. The zero-order valence-corrected chi connectivity index (χ0v) is 21.8. The Kier molecular flexibility index (Phi) is 11.6. The molecule has 0 amide bonds. The molecule has 0 aromatic carbocycles. The van der Waals surface area contributed by atoms with Crippen molar-refractivity contribution in [3.63, 3.8) is 0 Å². The molecule has 25 heteroatoms. The molecule has 39 heavy (non-hydrogen) atoms. The molecular formula is C14H15F18IN2O3S. The van der Waals surface area contributed by atoms with Crippen molar-refractivity contribution < 1.29 is 120 Å². The summed E-state index contributed by atoms with van der Waals surface area (Å²) in [5.41, 5.74) is 0. The molecule has 0 N–H and O–H groups in total. The fourth-order valence-corrected chi connectivity index (χ4v) is 3.24. The average Bonchev–Trinajstić information content (AvgIpc) is 2.68. The summed E-state index contributed by atoms with van der Waals surface area (Å²) in [7, 11) is -3.34. The summed E-state index contributed by atoms with van der Waals surface area (Å²) in [6.45, 7) is -2.80. The molecule has 0 spiro atoms. The van der Waals surface area contributed by atoms with Crippen LogP contribution in [0.25, 0.3) is 0 Å². The quantitative estimate of drug-likeness (QED) is 0.126. The molecule has 0 rings (SSSR count). The van der Waals surface area contributed by atoms with Crippen LogP contribution in [-0.4, -0.2) is 99.2 Å². The number of alkyl halides is 17. The highest BCUT2D eigenvalue weighted by Gasteiger charge is 2.95. The molecule has 0 fully saturated rings. The maximum absolute atomic E-state index is 14.3. The molecule has 0 radical (unpaired) electrons. The van der Waals surface area contributed by atoms with E-state index in [0.717, 1.165) is 0 Å². The fraction of sp³-hybridized carbons (Fsp3) is 1.00. The van der Waals surface area contributed by atoms with Crippen molar-refractivity contribution in [3.8, 4) is 0 Å². The van der Waals surface area contributed by atoms with Crippen molar-refractivity contribution in [2.45, 2.75) is 54.2 Å². The number of halogens is 19. The van der Waals surface area contributed by atoms with Crippen LogP contribution < -0.4 is 24.0 Å². The van der Waals surface area contributed by atoms with Gasteiger partial charge in [0.1, 0.15) is 0 Å². The fourth-order valence-electron chi connectivity index (χ4n) is 2.43. The zero-order chi connectivity index (χ0) is 31.4. The summed E-state index contributed by atoms with van der Waals surface area (Å²) in [5.74, 6) is -51.9. The zero-order valence-electron chi connectivity index (χ0n) is 18.8. The van der Waals surface area contributed by atoms with Gasteiger partial charge in [-0.2, -0.15) is 83.1 Å². The van der Waals surface area contributed by atoms with Gasteiger partial charge < -0.3 is 28.5 Å². The van der Waals surface area contributed by atoms with E-state index in [9.17, 15) is 87.6 Å². The molecule has 0 aliphatic carbocycles. The molecule has 5 nitrogen and oxygen atoms in total. The smallest absolute Gasteiger partial charge is 0.460 e. The van der Waals surface area contributed by atoms with Crippen LogP contribution in [0.3, 0.4) is 0 Å². The number of hydrogen-bond donors (Lipinski definition) is 0. The molecule has 0 heterocycles. The lowest BCUT2D eigenvalue weighted by Crippen LogP contribution is -3.00. The predicted octanol–water partition coefficient (Wildman–Crippen LogP) is 2.50. The summed E-state index contributed by atoms with van der Waals surface area (Å²) in [6.07, 6.45) is -9.06. The molecule has 238 valence electrons. The Balaban J connectivity index is 0. The molecule has 0 saturated carbocycles. The van der Waals surface area contributed by atoms with Crippen LogP contribution in [0.5, 0.6) is 0 Å². The number of nitrogens with zero attached hydrogens (tertiary/aromatic N) is 2. The third-order valence-corrected chi connectivity index (χ3v) is 5.67. The Morgan fingerprint density at radius 3 is 1.21 bits per heavy atom. The van der Waals surface area contributed by atoms with Gasteiger partial charge in [0.25, 0.3) is 0 Å². The SMILES string of the molecule is C[N+](C)(C)CCCN(C(F)(F)C(F)(F)C(F)(F)C(F)(F)C(F)(F)C(F)(F)C(F)(F)C(F)(F)F)S(=O)(=O)OF.[I-]. The first-order valence-electron chi connectivity index (χ1n) is 9.00. The third-order valence-electron chi connectivity index (χ3n) is 4.56. The molecule has 0 bridgehead atoms. The number of hydrogen-bond acceptors (Lipinski definition) is 3. The molecular weight excluding hydrogens is 745 g/mol. The summed E-state index contributed by atoms with van der Waals surface area (Å²) >= 11 is 0. The van der Waals surface area contributed by atoms with Crippen LogP contribution in [0.1, 0.15) is 6.42 Å². The minimum atomic E-state index is -8.90. The normalized spacial score (nSPS) is 15.9. The highest BCUT2D eigenvalue weighted by molar-refractivity contribution is 7.84. The van der Waals surface area contributed by atoms with E-state index >= 15 is 0 Å². The van der Waals surface area contributed by atoms with Crippen molar-refractivity contribution in [2.75, 3.05) is 34.2 Å². The standard InChI is InChI=1S/C14H15F18N2O3S.HI/c1-34(2,3)6-4-5-33(38(35,36)37-32)14(30,31)12(25,26)10(21,22)8(17,18)7(15,16)9(19,20)11(23,24)13(27,28)29;/h4-6H2,1-3H3;1H/q+1;/p-1. The second kappa shape index (κ2) is 11.2. The van der Waals surface area contributed by atoms with Crippen molar-refractivity contribution in [2.24, 2.45) is 0 Å². The van der Waals surface area contributed by atoms with Crippen LogP contribution in [0.4, 0.5) is 79.2 Å².